The van der Waals surface area contributed by atoms with Crippen molar-refractivity contribution in [3.8, 4) is 0 Å². The molecule has 2 rings (SSSR count). The highest BCUT2D eigenvalue weighted by Crippen LogP contribution is 2.23. The van der Waals surface area contributed by atoms with Gasteiger partial charge in [-0.05, 0) is 25.1 Å². The molecule has 1 unspecified atom stereocenters. The van der Waals surface area contributed by atoms with Gasteiger partial charge in [0.25, 0.3) is 5.91 Å². The lowest BCUT2D eigenvalue weighted by molar-refractivity contribution is -0.143. The number of aliphatic carboxylic acids is 1. The van der Waals surface area contributed by atoms with Gasteiger partial charge in [-0.25, -0.2) is 0 Å². The molecule has 1 aliphatic rings. The number of amides is 1. The number of hydrogen-bond donors (Lipinski definition) is 1. The van der Waals surface area contributed by atoms with Crippen molar-refractivity contribution in [2.45, 2.75) is 13.0 Å². The molecule has 0 bridgehead atoms. The number of benzene rings is 1. The van der Waals surface area contributed by atoms with Gasteiger partial charge in [0.05, 0.1) is 10.6 Å². The number of hydrogen-bond acceptors (Lipinski definition) is 3. The van der Waals surface area contributed by atoms with E-state index in [-0.39, 0.29) is 5.91 Å². The monoisotopic (exact) mass is 330 g/mol. The van der Waals surface area contributed by atoms with Crippen LogP contribution in [0.3, 0.4) is 0 Å². The summed E-state index contributed by atoms with van der Waals surface area (Å²) in [7, 11) is 0. The summed E-state index contributed by atoms with van der Waals surface area (Å²) in [5.41, 5.74) is 0.417. The van der Waals surface area contributed by atoms with Gasteiger partial charge in [0.1, 0.15) is 6.04 Å². The van der Waals surface area contributed by atoms with E-state index in [1.54, 1.807) is 30.0 Å². The van der Waals surface area contributed by atoms with Gasteiger partial charge in [0.15, 0.2) is 0 Å². The van der Waals surface area contributed by atoms with Crippen molar-refractivity contribution in [2.24, 2.45) is 0 Å². The van der Waals surface area contributed by atoms with Crippen molar-refractivity contribution < 1.29 is 14.7 Å². The van der Waals surface area contributed by atoms with Crippen LogP contribution in [-0.4, -0.2) is 59.0 Å². The van der Waals surface area contributed by atoms with Crippen LogP contribution in [0.4, 0.5) is 0 Å². The molecule has 1 saturated heterocycles. The average molecular weight is 331 g/mol. The molecule has 0 aliphatic carbocycles. The first kappa shape index (κ1) is 16.1. The number of rotatable bonds is 3. The summed E-state index contributed by atoms with van der Waals surface area (Å²) in [6, 6.07) is 4.24. The zero-order valence-electron chi connectivity index (χ0n) is 11.6. The Bertz CT molecular complexity index is 557. The Morgan fingerprint density at radius 3 is 2.33 bits per heavy atom. The average Bonchev–Trinajstić information content (AvgIpc) is 2.46. The lowest BCUT2D eigenvalue weighted by Gasteiger charge is -2.36. The first-order chi connectivity index (χ1) is 9.90. The molecular weight excluding hydrogens is 315 g/mol. The molecule has 1 N–H and O–H groups in total. The number of carbonyl (C=O) groups excluding carboxylic acids is 1. The summed E-state index contributed by atoms with van der Waals surface area (Å²) >= 11 is 11.9. The maximum absolute atomic E-state index is 12.4. The van der Waals surface area contributed by atoms with E-state index in [2.05, 4.69) is 0 Å². The summed E-state index contributed by atoms with van der Waals surface area (Å²) in [4.78, 5) is 26.9. The summed E-state index contributed by atoms with van der Waals surface area (Å²) in [6.45, 7) is 3.68. The second-order valence-electron chi connectivity index (χ2n) is 4.97. The van der Waals surface area contributed by atoms with Crippen LogP contribution in [0.25, 0.3) is 0 Å². The van der Waals surface area contributed by atoms with Gasteiger partial charge in [0, 0.05) is 31.2 Å². The van der Waals surface area contributed by atoms with E-state index in [9.17, 15) is 9.59 Å². The molecular formula is C14H16Cl2N2O3. The number of halogens is 2. The minimum absolute atomic E-state index is 0.153. The number of nitrogens with zero attached hydrogens (tertiary/aromatic N) is 2. The fourth-order valence-corrected chi connectivity index (χ4v) is 2.79. The Hall–Kier alpha value is -1.30. The molecule has 1 aromatic rings. The van der Waals surface area contributed by atoms with Crippen LogP contribution < -0.4 is 0 Å². The molecule has 21 heavy (non-hydrogen) atoms. The third kappa shape index (κ3) is 3.67. The molecule has 7 heteroatoms. The first-order valence-electron chi connectivity index (χ1n) is 6.61. The van der Waals surface area contributed by atoms with Crippen LogP contribution in [0.1, 0.15) is 17.3 Å². The van der Waals surface area contributed by atoms with E-state index in [0.29, 0.717) is 41.8 Å². The molecule has 0 saturated carbocycles. The summed E-state index contributed by atoms with van der Waals surface area (Å²) in [6.07, 6.45) is 0. The topological polar surface area (TPSA) is 60.9 Å². The van der Waals surface area contributed by atoms with Crippen LogP contribution in [0.5, 0.6) is 0 Å². The van der Waals surface area contributed by atoms with E-state index < -0.39 is 12.0 Å². The van der Waals surface area contributed by atoms with Gasteiger partial charge in [-0.2, -0.15) is 0 Å². The van der Waals surface area contributed by atoms with Gasteiger partial charge < -0.3 is 10.0 Å². The summed E-state index contributed by atoms with van der Waals surface area (Å²) in [5.74, 6) is -1.00. The van der Waals surface area contributed by atoms with E-state index >= 15 is 0 Å². The second-order valence-corrected chi connectivity index (χ2v) is 5.81. The largest absolute Gasteiger partial charge is 0.480 e. The quantitative estimate of drug-likeness (QED) is 0.923. The van der Waals surface area contributed by atoms with E-state index in [1.165, 1.54) is 0 Å². The van der Waals surface area contributed by atoms with Crippen molar-refractivity contribution in [1.82, 2.24) is 9.80 Å². The van der Waals surface area contributed by atoms with Gasteiger partial charge in [-0.15, -0.1) is 0 Å². The Morgan fingerprint density at radius 1 is 1.19 bits per heavy atom. The lowest BCUT2D eigenvalue weighted by Crippen LogP contribution is -2.53. The van der Waals surface area contributed by atoms with Crippen molar-refractivity contribution in [3.63, 3.8) is 0 Å². The van der Waals surface area contributed by atoms with Gasteiger partial charge in [-0.1, -0.05) is 23.2 Å². The fraction of sp³-hybridized carbons (Fsp3) is 0.429. The molecule has 114 valence electrons. The van der Waals surface area contributed by atoms with Gasteiger partial charge in [0.2, 0.25) is 0 Å². The summed E-state index contributed by atoms with van der Waals surface area (Å²) < 4.78 is 0. The van der Waals surface area contributed by atoms with Gasteiger partial charge in [-0.3, -0.25) is 14.5 Å². The van der Waals surface area contributed by atoms with Crippen molar-refractivity contribution in [2.75, 3.05) is 26.2 Å². The molecule has 5 nitrogen and oxygen atoms in total. The predicted molar refractivity (Wildman–Crippen MR) is 81.0 cm³/mol. The van der Waals surface area contributed by atoms with Crippen LogP contribution >= 0.6 is 23.2 Å². The van der Waals surface area contributed by atoms with Crippen molar-refractivity contribution in [1.29, 1.82) is 0 Å². The molecule has 0 spiro atoms. The minimum Gasteiger partial charge on any atom is -0.480 e. The SMILES string of the molecule is CC(C(=O)O)N1CCN(C(=O)c2ccc(Cl)cc2Cl)CC1. The Balaban J connectivity index is 2.02. The Morgan fingerprint density at radius 2 is 1.81 bits per heavy atom. The number of piperazine rings is 1. The maximum atomic E-state index is 12.4. The maximum Gasteiger partial charge on any atom is 0.320 e. The molecule has 1 fully saturated rings. The lowest BCUT2D eigenvalue weighted by atomic mass is 10.1. The fourth-order valence-electron chi connectivity index (χ4n) is 2.30. The minimum atomic E-state index is -0.851. The smallest absolute Gasteiger partial charge is 0.320 e. The second kappa shape index (κ2) is 6.64. The van der Waals surface area contributed by atoms with Crippen LogP contribution in [0.15, 0.2) is 18.2 Å². The highest BCUT2D eigenvalue weighted by atomic mass is 35.5. The molecule has 1 atom stereocenters. The predicted octanol–water partition coefficient (Wildman–Crippen LogP) is 2.22. The molecule has 1 aromatic carbocycles. The molecule has 1 heterocycles. The summed E-state index contributed by atoms with van der Waals surface area (Å²) in [5, 5.41) is 9.81. The molecule has 1 amide bonds. The third-order valence-electron chi connectivity index (χ3n) is 3.67. The molecule has 1 aliphatic heterocycles. The Kier molecular flexibility index (Phi) is 5.08. The normalized spacial score (nSPS) is 17.6. The third-order valence-corrected chi connectivity index (χ3v) is 4.22. The number of carbonyl (C=O) groups is 2. The standard InChI is InChI=1S/C14H16Cl2N2O3/c1-9(14(20)21)17-4-6-18(7-5-17)13(19)11-3-2-10(15)8-12(11)16/h2-3,8-9H,4-7H2,1H3,(H,20,21). The van der Waals surface area contributed by atoms with E-state index in [4.69, 9.17) is 28.3 Å². The zero-order valence-corrected chi connectivity index (χ0v) is 13.1. The van der Waals surface area contributed by atoms with Gasteiger partial charge >= 0.3 is 5.97 Å². The zero-order chi connectivity index (χ0) is 15.6. The molecule has 0 radical (unpaired) electrons. The van der Waals surface area contributed by atoms with Crippen molar-refractivity contribution >= 4 is 35.1 Å². The van der Waals surface area contributed by atoms with E-state index in [0.717, 1.165) is 0 Å². The highest BCUT2D eigenvalue weighted by Gasteiger charge is 2.28. The first-order valence-corrected chi connectivity index (χ1v) is 7.37. The van der Waals surface area contributed by atoms with Crippen LogP contribution in [-0.2, 0) is 4.79 Å². The Labute approximate surface area is 133 Å². The highest BCUT2D eigenvalue weighted by molar-refractivity contribution is 6.36. The number of carboxylic acid groups (broad SMARTS) is 1. The van der Waals surface area contributed by atoms with Crippen LogP contribution in [0, 0.1) is 0 Å². The van der Waals surface area contributed by atoms with Crippen molar-refractivity contribution in [3.05, 3.63) is 33.8 Å². The van der Waals surface area contributed by atoms with Crippen LogP contribution in [0.2, 0.25) is 10.0 Å². The number of carboxylic acids is 1. The van der Waals surface area contributed by atoms with E-state index in [1.807, 2.05) is 4.90 Å². The molecule has 0 aromatic heterocycles.